The first kappa shape index (κ1) is 26.4. The fourth-order valence-electron chi connectivity index (χ4n) is 3.86. The molecule has 3 rings (SSSR count). The molecule has 11 heteroatoms. The Kier molecular flexibility index (Phi) is 9.32. The molecule has 1 saturated carbocycles. The van der Waals surface area contributed by atoms with E-state index in [1.54, 1.807) is 18.3 Å². The van der Waals surface area contributed by atoms with E-state index in [0.29, 0.717) is 35.9 Å². The summed E-state index contributed by atoms with van der Waals surface area (Å²) in [7, 11) is -3.29. The third-order valence-corrected chi connectivity index (χ3v) is 6.65. The number of carbonyl (C=O) groups excluding carboxylic acids is 1. The summed E-state index contributed by atoms with van der Waals surface area (Å²) in [6.45, 7) is 2.47. The molecule has 9 nitrogen and oxygen atoms in total. The molecule has 1 aromatic rings. The smallest absolute Gasteiger partial charge is 0.214 e. The summed E-state index contributed by atoms with van der Waals surface area (Å²) in [6, 6.07) is 3.28. The van der Waals surface area contributed by atoms with E-state index in [4.69, 9.17) is 21.2 Å². The first-order chi connectivity index (χ1) is 16.2. The minimum Gasteiger partial charge on any atom is -0.511 e. The summed E-state index contributed by atoms with van der Waals surface area (Å²) in [5.41, 5.74) is 0.750. The predicted molar refractivity (Wildman–Crippen MR) is 130 cm³/mol. The van der Waals surface area contributed by atoms with Gasteiger partial charge < -0.3 is 14.7 Å². The van der Waals surface area contributed by atoms with Gasteiger partial charge in [0.2, 0.25) is 15.9 Å². The molecule has 34 heavy (non-hydrogen) atoms. The third kappa shape index (κ3) is 8.25. The van der Waals surface area contributed by atoms with Crippen molar-refractivity contribution in [3.05, 3.63) is 34.7 Å². The monoisotopic (exact) mass is 513 g/mol. The van der Waals surface area contributed by atoms with E-state index in [2.05, 4.69) is 14.9 Å². The van der Waals surface area contributed by atoms with E-state index in [-0.39, 0.29) is 54.6 Å². The molecule has 2 N–H and O–H groups in total. The molecule has 2 aliphatic rings. The molecule has 0 aliphatic heterocycles. The van der Waals surface area contributed by atoms with Gasteiger partial charge in [-0.1, -0.05) is 30.1 Å². The minimum atomic E-state index is -3.29. The van der Waals surface area contributed by atoms with E-state index < -0.39 is 10.0 Å². The normalized spacial score (nSPS) is 20.4. The Balaban J connectivity index is 1.66. The Hall–Kier alpha value is -2.17. The SMILES string of the molecule is CCCC(COc1cc(Cl)ccn1)ON=C(C1=C(O)CC(CCNS(C)(=O)=O)CC1=O)C1CC1. The van der Waals surface area contributed by atoms with E-state index in [1.165, 1.54) is 0 Å². The second kappa shape index (κ2) is 12.0. The van der Waals surface area contributed by atoms with Crippen molar-refractivity contribution in [1.29, 1.82) is 0 Å². The van der Waals surface area contributed by atoms with Gasteiger partial charge in [0.15, 0.2) is 11.9 Å². The number of hydrogen-bond acceptors (Lipinski definition) is 8. The maximum Gasteiger partial charge on any atom is 0.214 e. The topological polar surface area (TPSA) is 127 Å². The lowest BCUT2D eigenvalue weighted by atomic mass is 9.82. The fourth-order valence-corrected chi connectivity index (χ4v) is 4.50. The van der Waals surface area contributed by atoms with Gasteiger partial charge in [-0.2, -0.15) is 0 Å². The first-order valence-corrected chi connectivity index (χ1v) is 13.8. The van der Waals surface area contributed by atoms with E-state index in [9.17, 15) is 18.3 Å². The number of nitrogens with zero attached hydrogens (tertiary/aromatic N) is 2. The Labute approximate surface area is 205 Å². The fraction of sp³-hybridized carbons (Fsp3) is 0.609. The minimum absolute atomic E-state index is 0.00118. The number of aliphatic hydroxyl groups is 1. The highest BCUT2D eigenvalue weighted by atomic mass is 35.5. The number of nitrogens with one attached hydrogen (secondary N) is 1. The lowest BCUT2D eigenvalue weighted by Gasteiger charge is -2.24. The lowest BCUT2D eigenvalue weighted by Crippen LogP contribution is -2.29. The number of allylic oxidation sites excluding steroid dienone is 2. The number of halogens is 1. The zero-order valence-corrected chi connectivity index (χ0v) is 21.1. The van der Waals surface area contributed by atoms with Gasteiger partial charge in [-0.3, -0.25) is 4.79 Å². The molecule has 1 heterocycles. The number of ether oxygens (including phenoxy) is 1. The van der Waals surface area contributed by atoms with Crippen LogP contribution in [0.4, 0.5) is 0 Å². The number of oxime groups is 1. The molecule has 0 bridgehead atoms. The molecule has 1 aromatic heterocycles. The summed E-state index contributed by atoms with van der Waals surface area (Å²) >= 11 is 5.97. The molecule has 0 radical (unpaired) electrons. The third-order valence-electron chi connectivity index (χ3n) is 5.69. The molecule has 0 saturated heterocycles. The van der Waals surface area contributed by atoms with Crippen LogP contribution in [0.15, 0.2) is 34.8 Å². The highest BCUT2D eigenvalue weighted by Gasteiger charge is 2.38. The number of pyridine rings is 1. The van der Waals surface area contributed by atoms with Crippen LogP contribution in [0.3, 0.4) is 0 Å². The number of ketones is 1. The zero-order chi connectivity index (χ0) is 24.7. The Bertz CT molecular complexity index is 1040. The van der Waals surface area contributed by atoms with Crippen LogP contribution in [0, 0.1) is 11.8 Å². The summed E-state index contributed by atoms with van der Waals surface area (Å²) in [5, 5.41) is 15.6. The van der Waals surface area contributed by atoms with Crippen molar-refractivity contribution in [2.45, 2.75) is 58.0 Å². The highest BCUT2D eigenvalue weighted by molar-refractivity contribution is 7.88. The van der Waals surface area contributed by atoms with Gasteiger partial charge >= 0.3 is 0 Å². The number of hydrogen-bond donors (Lipinski definition) is 2. The number of aliphatic hydroxyl groups excluding tert-OH is 1. The molecule has 0 aromatic carbocycles. The Morgan fingerprint density at radius 2 is 2.15 bits per heavy atom. The summed E-state index contributed by atoms with van der Waals surface area (Å²) in [4.78, 5) is 22.8. The van der Waals surface area contributed by atoms with E-state index in [0.717, 1.165) is 25.5 Å². The number of Topliss-reactive ketones (excluding diaryl/α,β-unsaturated/α-hetero) is 1. The molecule has 2 unspecified atom stereocenters. The average molecular weight is 514 g/mol. The second-order valence-electron chi connectivity index (χ2n) is 8.86. The van der Waals surface area contributed by atoms with Crippen LogP contribution in [-0.2, 0) is 19.7 Å². The largest absolute Gasteiger partial charge is 0.511 e. The van der Waals surface area contributed by atoms with Crippen molar-refractivity contribution in [3.63, 3.8) is 0 Å². The molecule has 2 atom stereocenters. The quantitative estimate of drug-likeness (QED) is 0.303. The maximum atomic E-state index is 12.9. The summed E-state index contributed by atoms with van der Waals surface area (Å²) in [5.74, 6) is 0.165. The van der Waals surface area contributed by atoms with Crippen LogP contribution in [0.2, 0.25) is 5.02 Å². The molecular weight excluding hydrogens is 482 g/mol. The van der Waals surface area contributed by atoms with Gasteiger partial charge in [0, 0.05) is 42.6 Å². The van der Waals surface area contributed by atoms with Crippen molar-refractivity contribution < 1.29 is 27.9 Å². The molecule has 0 amide bonds. The van der Waals surface area contributed by atoms with Gasteiger partial charge in [0.25, 0.3) is 0 Å². The predicted octanol–water partition coefficient (Wildman–Crippen LogP) is 3.80. The van der Waals surface area contributed by atoms with Crippen molar-refractivity contribution in [2.75, 3.05) is 19.4 Å². The van der Waals surface area contributed by atoms with Crippen LogP contribution in [0.1, 0.15) is 51.9 Å². The lowest BCUT2D eigenvalue weighted by molar-refractivity contribution is -0.116. The van der Waals surface area contributed by atoms with Crippen LogP contribution in [-0.4, -0.2) is 55.5 Å². The van der Waals surface area contributed by atoms with Gasteiger partial charge in [0.1, 0.15) is 12.4 Å². The zero-order valence-electron chi connectivity index (χ0n) is 19.5. The Morgan fingerprint density at radius 3 is 2.76 bits per heavy atom. The summed E-state index contributed by atoms with van der Waals surface area (Å²) < 4.78 is 30.6. The number of aromatic nitrogens is 1. The van der Waals surface area contributed by atoms with Crippen LogP contribution < -0.4 is 9.46 Å². The average Bonchev–Trinajstić information content (AvgIpc) is 3.58. The highest BCUT2D eigenvalue weighted by Crippen LogP contribution is 2.38. The van der Waals surface area contributed by atoms with Gasteiger partial charge in [-0.15, -0.1) is 0 Å². The van der Waals surface area contributed by atoms with Gasteiger partial charge in [-0.25, -0.2) is 18.1 Å². The van der Waals surface area contributed by atoms with Crippen LogP contribution in [0.5, 0.6) is 5.88 Å². The number of carbonyl (C=O) groups is 1. The maximum absolute atomic E-state index is 12.9. The van der Waals surface area contributed by atoms with Crippen LogP contribution in [0.25, 0.3) is 0 Å². The number of sulfonamides is 1. The van der Waals surface area contributed by atoms with E-state index >= 15 is 0 Å². The molecular formula is C23H32ClN3O6S. The van der Waals surface area contributed by atoms with Gasteiger partial charge in [-0.05, 0) is 37.7 Å². The van der Waals surface area contributed by atoms with Gasteiger partial charge in [0.05, 0.1) is 17.5 Å². The second-order valence-corrected chi connectivity index (χ2v) is 11.1. The van der Waals surface area contributed by atoms with Crippen molar-refractivity contribution in [1.82, 2.24) is 9.71 Å². The molecule has 2 aliphatic carbocycles. The van der Waals surface area contributed by atoms with Crippen molar-refractivity contribution in [2.24, 2.45) is 17.0 Å². The first-order valence-electron chi connectivity index (χ1n) is 11.5. The van der Waals surface area contributed by atoms with Crippen molar-refractivity contribution >= 4 is 33.1 Å². The molecule has 0 spiro atoms. The van der Waals surface area contributed by atoms with Crippen molar-refractivity contribution in [3.8, 4) is 5.88 Å². The van der Waals surface area contributed by atoms with Crippen LogP contribution >= 0.6 is 11.6 Å². The molecule has 1 fully saturated rings. The summed E-state index contributed by atoms with van der Waals surface area (Å²) in [6.07, 6.45) is 6.62. The Morgan fingerprint density at radius 1 is 1.38 bits per heavy atom. The standard InChI is InChI=1S/C23H32ClN3O6S/c1-3-4-18(14-32-21-13-17(24)8-9-25-21)33-27-23(16-5-6-16)22-19(28)11-15(12-20(22)29)7-10-26-34(2,30)31/h8-9,13,15-16,18,26,28H,3-7,10-12,14H2,1-2H3. The number of rotatable bonds is 13. The van der Waals surface area contributed by atoms with E-state index in [1.807, 2.05) is 6.92 Å². The molecule has 188 valence electrons.